The van der Waals surface area contributed by atoms with Crippen molar-refractivity contribution < 1.29 is 8.42 Å². The van der Waals surface area contributed by atoms with Gasteiger partial charge in [-0.25, -0.2) is 13.4 Å². The first-order chi connectivity index (χ1) is 8.83. The van der Waals surface area contributed by atoms with Crippen LogP contribution in [0, 0.1) is 12.8 Å². The molecule has 0 atom stereocenters. The quantitative estimate of drug-likeness (QED) is 0.925. The third kappa shape index (κ3) is 4.43. The van der Waals surface area contributed by atoms with Crippen LogP contribution in [0.15, 0.2) is 0 Å². The minimum absolute atomic E-state index is 0.473. The van der Waals surface area contributed by atoms with Gasteiger partial charge in [-0.1, -0.05) is 18.3 Å². The summed E-state index contributed by atoms with van der Waals surface area (Å²) in [6.45, 7) is 7.34. The molecular formula is C12H21N3O2S2. The standard InChI is InChI=1S/C12H21N3O2S2/c1-9-4-6-15(7-5-9)8-11-10(2)13-12(18-11)14-19(3,16)17/h9H,4-8H2,1-3H3,(H,13,14). The van der Waals surface area contributed by atoms with Gasteiger partial charge in [-0.05, 0) is 38.8 Å². The number of anilines is 1. The molecule has 2 rings (SSSR count). The summed E-state index contributed by atoms with van der Waals surface area (Å²) in [6, 6.07) is 0. The molecule has 0 saturated carbocycles. The molecule has 0 bridgehead atoms. The van der Waals surface area contributed by atoms with Gasteiger partial charge >= 0.3 is 0 Å². The number of aromatic nitrogens is 1. The van der Waals surface area contributed by atoms with E-state index >= 15 is 0 Å². The number of likely N-dealkylation sites (tertiary alicyclic amines) is 1. The van der Waals surface area contributed by atoms with Crippen LogP contribution >= 0.6 is 11.3 Å². The molecule has 1 saturated heterocycles. The average Bonchev–Trinajstić information content (AvgIpc) is 2.60. The van der Waals surface area contributed by atoms with E-state index in [2.05, 4.69) is 21.5 Å². The number of rotatable bonds is 4. The van der Waals surface area contributed by atoms with Crippen molar-refractivity contribution in [3.8, 4) is 0 Å². The fraction of sp³-hybridized carbons (Fsp3) is 0.750. The summed E-state index contributed by atoms with van der Waals surface area (Å²) in [7, 11) is -3.24. The Hall–Kier alpha value is -0.660. The lowest BCUT2D eigenvalue weighted by molar-refractivity contribution is 0.186. The van der Waals surface area contributed by atoms with Crippen molar-refractivity contribution in [2.45, 2.75) is 33.2 Å². The number of hydrogen-bond acceptors (Lipinski definition) is 5. The zero-order valence-corrected chi connectivity index (χ0v) is 13.3. The Balaban J connectivity index is 2.01. The maximum Gasteiger partial charge on any atom is 0.231 e. The van der Waals surface area contributed by atoms with Gasteiger partial charge in [0.25, 0.3) is 0 Å². The van der Waals surface area contributed by atoms with Crippen molar-refractivity contribution in [2.24, 2.45) is 5.92 Å². The van der Waals surface area contributed by atoms with Crippen LogP contribution in [0.5, 0.6) is 0 Å². The molecule has 0 unspecified atom stereocenters. The number of sulfonamides is 1. The number of nitrogens with zero attached hydrogens (tertiary/aromatic N) is 2. The summed E-state index contributed by atoms with van der Waals surface area (Å²) in [5.41, 5.74) is 0.926. The Morgan fingerprint density at radius 3 is 2.63 bits per heavy atom. The van der Waals surface area contributed by atoms with Crippen LogP contribution in [-0.2, 0) is 16.6 Å². The highest BCUT2D eigenvalue weighted by atomic mass is 32.2. The molecule has 7 heteroatoms. The molecule has 2 heterocycles. The SMILES string of the molecule is Cc1nc(NS(C)(=O)=O)sc1CN1CCC(C)CC1. The van der Waals surface area contributed by atoms with Gasteiger partial charge in [0.05, 0.1) is 11.9 Å². The second-order valence-corrected chi connectivity index (χ2v) is 8.19. The molecule has 19 heavy (non-hydrogen) atoms. The summed E-state index contributed by atoms with van der Waals surface area (Å²) in [4.78, 5) is 7.85. The number of hydrogen-bond donors (Lipinski definition) is 1. The highest BCUT2D eigenvalue weighted by Gasteiger charge is 2.18. The number of piperidine rings is 1. The molecule has 1 N–H and O–H groups in total. The summed E-state index contributed by atoms with van der Waals surface area (Å²) >= 11 is 1.44. The van der Waals surface area contributed by atoms with Crippen molar-refractivity contribution in [2.75, 3.05) is 24.1 Å². The first kappa shape index (κ1) is 14.7. The van der Waals surface area contributed by atoms with Crippen LogP contribution in [-0.4, -0.2) is 37.6 Å². The lowest BCUT2D eigenvalue weighted by Crippen LogP contribution is -2.32. The maximum absolute atomic E-state index is 11.2. The monoisotopic (exact) mass is 303 g/mol. The molecule has 0 radical (unpaired) electrons. The lowest BCUT2D eigenvalue weighted by Gasteiger charge is -2.29. The van der Waals surface area contributed by atoms with Crippen LogP contribution in [0.1, 0.15) is 30.3 Å². The van der Waals surface area contributed by atoms with Gasteiger partial charge in [-0.15, -0.1) is 0 Å². The molecule has 5 nitrogen and oxygen atoms in total. The summed E-state index contributed by atoms with van der Waals surface area (Å²) < 4.78 is 24.8. The van der Waals surface area contributed by atoms with Crippen LogP contribution in [0.4, 0.5) is 5.13 Å². The average molecular weight is 303 g/mol. The highest BCUT2D eigenvalue weighted by Crippen LogP contribution is 2.26. The minimum Gasteiger partial charge on any atom is -0.298 e. The third-order valence-corrected chi connectivity index (χ3v) is 5.16. The minimum atomic E-state index is -3.24. The van der Waals surface area contributed by atoms with Gasteiger partial charge < -0.3 is 0 Å². The van der Waals surface area contributed by atoms with E-state index in [9.17, 15) is 8.42 Å². The van der Waals surface area contributed by atoms with Crippen molar-refractivity contribution in [3.05, 3.63) is 10.6 Å². The van der Waals surface area contributed by atoms with E-state index in [4.69, 9.17) is 0 Å². The summed E-state index contributed by atoms with van der Waals surface area (Å²) in [6.07, 6.45) is 3.63. The van der Waals surface area contributed by atoms with E-state index in [0.717, 1.165) is 42.4 Å². The van der Waals surface area contributed by atoms with E-state index < -0.39 is 10.0 Å². The molecule has 1 fully saturated rings. The zero-order valence-electron chi connectivity index (χ0n) is 11.6. The molecule has 1 aromatic rings. The van der Waals surface area contributed by atoms with Crippen LogP contribution in [0.25, 0.3) is 0 Å². The van der Waals surface area contributed by atoms with Crippen LogP contribution < -0.4 is 4.72 Å². The van der Waals surface area contributed by atoms with E-state index in [1.165, 1.54) is 24.2 Å². The first-order valence-electron chi connectivity index (χ1n) is 6.50. The molecule has 1 aliphatic rings. The van der Waals surface area contributed by atoms with E-state index in [-0.39, 0.29) is 0 Å². The van der Waals surface area contributed by atoms with Crippen molar-refractivity contribution in [1.82, 2.24) is 9.88 Å². The molecular weight excluding hydrogens is 282 g/mol. The lowest BCUT2D eigenvalue weighted by atomic mass is 9.99. The number of nitrogens with one attached hydrogen (secondary N) is 1. The second kappa shape index (κ2) is 5.76. The Morgan fingerprint density at radius 2 is 2.05 bits per heavy atom. The van der Waals surface area contributed by atoms with Gasteiger partial charge in [0.15, 0.2) is 5.13 Å². The van der Waals surface area contributed by atoms with Gasteiger partial charge in [0.2, 0.25) is 10.0 Å². The summed E-state index contributed by atoms with van der Waals surface area (Å²) in [5, 5.41) is 0.473. The van der Waals surface area contributed by atoms with E-state index in [0.29, 0.717) is 5.13 Å². The molecule has 108 valence electrons. The maximum atomic E-state index is 11.2. The molecule has 1 aromatic heterocycles. The normalized spacial score (nSPS) is 18.7. The Morgan fingerprint density at radius 1 is 1.42 bits per heavy atom. The Labute approximate surface area is 119 Å². The molecule has 0 amide bonds. The predicted molar refractivity (Wildman–Crippen MR) is 79.0 cm³/mol. The fourth-order valence-electron chi connectivity index (χ4n) is 2.20. The largest absolute Gasteiger partial charge is 0.298 e. The van der Waals surface area contributed by atoms with Crippen molar-refractivity contribution in [1.29, 1.82) is 0 Å². The number of thiazole rings is 1. The molecule has 0 aliphatic carbocycles. The van der Waals surface area contributed by atoms with Gasteiger partial charge in [0.1, 0.15) is 0 Å². The van der Waals surface area contributed by atoms with Gasteiger partial charge in [0, 0.05) is 11.4 Å². The number of aryl methyl sites for hydroxylation is 1. The molecule has 1 aliphatic heterocycles. The van der Waals surface area contributed by atoms with Crippen LogP contribution in [0.3, 0.4) is 0 Å². The summed E-state index contributed by atoms with van der Waals surface area (Å²) in [5.74, 6) is 0.821. The van der Waals surface area contributed by atoms with Crippen molar-refractivity contribution in [3.63, 3.8) is 0 Å². The second-order valence-electron chi connectivity index (χ2n) is 5.36. The van der Waals surface area contributed by atoms with Crippen molar-refractivity contribution >= 4 is 26.5 Å². The fourth-order valence-corrected chi connectivity index (χ4v) is 4.04. The van der Waals surface area contributed by atoms with Gasteiger partial charge in [-0.3, -0.25) is 9.62 Å². The molecule has 0 spiro atoms. The smallest absolute Gasteiger partial charge is 0.231 e. The van der Waals surface area contributed by atoms with E-state index in [1.807, 2.05) is 6.92 Å². The zero-order chi connectivity index (χ0) is 14.0. The Kier molecular flexibility index (Phi) is 4.47. The topological polar surface area (TPSA) is 62.3 Å². The highest BCUT2D eigenvalue weighted by molar-refractivity contribution is 7.92. The van der Waals surface area contributed by atoms with E-state index in [1.54, 1.807) is 0 Å². The van der Waals surface area contributed by atoms with Gasteiger partial charge in [-0.2, -0.15) is 0 Å². The third-order valence-electron chi connectivity index (χ3n) is 3.41. The first-order valence-corrected chi connectivity index (χ1v) is 9.21. The molecule has 0 aromatic carbocycles. The Bertz CT molecular complexity index is 531. The van der Waals surface area contributed by atoms with Crippen LogP contribution in [0.2, 0.25) is 0 Å². The predicted octanol–water partition coefficient (Wildman–Crippen LogP) is 2.05.